The molecule has 0 spiro atoms. The summed E-state index contributed by atoms with van der Waals surface area (Å²) in [5.41, 5.74) is 1.66. The van der Waals surface area contributed by atoms with Crippen LogP contribution in [-0.4, -0.2) is 38.8 Å². The van der Waals surface area contributed by atoms with Crippen molar-refractivity contribution in [2.75, 3.05) is 27.9 Å². The number of benzene rings is 2. The van der Waals surface area contributed by atoms with Crippen LogP contribution >= 0.6 is 0 Å². The molecule has 6 heteroatoms. The zero-order valence-corrected chi connectivity index (χ0v) is 15.4. The van der Waals surface area contributed by atoms with E-state index in [9.17, 15) is 0 Å². The van der Waals surface area contributed by atoms with Crippen LogP contribution in [0.1, 0.15) is 17.4 Å². The second-order valence-electron chi connectivity index (χ2n) is 6.09. The van der Waals surface area contributed by atoms with Gasteiger partial charge in [0.05, 0.1) is 27.9 Å². The fraction of sp³-hybridized carbons (Fsp3) is 0.238. The van der Waals surface area contributed by atoms with E-state index < -0.39 is 0 Å². The van der Waals surface area contributed by atoms with Crippen LogP contribution in [0.4, 0.5) is 0 Å². The number of aromatic nitrogens is 1. The van der Waals surface area contributed by atoms with Crippen LogP contribution in [0.15, 0.2) is 53.7 Å². The average Bonchev–Trinajstić information content (AvgIpc) is 3.22. The average molecular weight is 364 g/mol. The summed E-state index contributed by atoms with van der Waals surface area (Å²) in [7, 11) is 4.77. The number of pyridine rings is 1. The molecule has 2 aromatic carbocycles. The van der Waals surface area contributed by atoms with Gasteiger partial charge in [0.15, 0.2) is 11.5 Å². The van der Waals surface area contributed by atoms with E-state index in [-0.39, 0.29) is 6.10 Å². The highest BCUT2D eigenvalue weighted by Crippen LogP contribution is 2.41. The van der Waals surface area contributed by atoms with E-state index in [2.05, 4.69) is 9.98 Å². The predicted molar refractivity (Wildman–Crippen MR) is 103 cm³/mol. The van der Waals surface area contributed by atoms with Crippen molar-refractivity contribution in [1.82, 2.24) is 4.98 Å². The molecule has 6 nitrogen and oxygen atoms in total. The summed E-state index contributed by atoms with van der Waals surface area (Å²) in [6.45, 7) is 0.499. The Labute approximate surface area is 157 Å². The first-order chi connectivity index (χ1) is 13.2. The first-order valence-electron chi connectivity index (χ1n) is 8.60. The van der Waals surface area contributed by atoms with E-state index in [1.807, 2.05) is 42.5 Å². The molecule has 0 amide bonds. The van der Waals surface area contributed by atoms with Crippen LogP contribution in [0.5, 0.6) is 17.2 Å². The lowest BCUT2D eigenvalue weighted by molar-refractivity contribution is 0.228. The summed E-state index contributed by atoms with van der Waals surface area (Å²) in [4.78, 5) is 9.07. The minimum absolute atomic E-state index is 0.241. The molecule has 0 radical (unpaired) electrons. The first-order valence-corrected chi connectivity index (χ1v) is 8.60. The van der Waals surface area contributed by atoms with Crippen molar-refractivity contribution < 1.29 is 18.9 Å². The Kier molecular flexibility index (Phi) is 4.54. The Morgan fingerprint density at radius 3 is 2.41 bits per heavy atom. The number of methoxy groups -OCH3 is 3. The van der Waals surface area contributed by atoms with E-state index in [0.29, 0.717) is 29.7 Å². The number of ether oxygens (including phenoxy) is 4. The van der Waals surface area contributed by atoms with Gasteiger partial charge < -0.3 is 18.9 Å². The first kappa shape index (κ1) is 17.1. The van der Waals surface area contributed by atoms with Crippen LogP contribution in [-0.2, 0) is 4.74 Å². The summed E-state index contributed by atoms with van der Waals surface area (Å²) in [5, 5.41) is 2.12. The summed E-state index contributed by atoms with van der Waals surface area (Å²) in [6.07, 6.45) is 1.53. The summed E-state index contributed by atoms with van der Waals surface area (Å²) < 4.78 is 22.4. The maximum atomic E-state index is 6.15. The highest BCUT2D eigenvalue weighted by Gasteiger charge is 2.27. The van der Waals surface area contributed by atoms with E-state index >= 15 is 0 Å². The van der Waals surface area contributed by atoms with Crippen LogP contribution in [0.2, 0.25) is 0 Å². The van der Waals surface area contributed by atoms with Crippen LogP contribution in [0, 0.1) is 0 Å². The van der Waals surface area contributed by atoms with E-state index in [0.717, 1.165) is 22.0 Å². The van der Waals surface area contributed by atoms with Gasteiger partial charge in [0.2, 0.25) is 11.6 Å². The van der Waals surface area contributed by atoms with Gasteiger partial charge in [-0.1, -0.05) is 24.3 Å². The molecule has 1 unspecified atom stereocenters. The Hall–Kier alpha value is -3.28. The molecule has 138 valence electrons. The van der Waals surface area contributed by atoms with Crippen molar-refractivity contribution in [3.63, 3.8) is 0 Å². The Balaban J connectivity index is 1.66. The lowest BCUT2D eigenvalue weighted by atomic mass is 10.1. The topological polar surface area (TPSA) is 62.2 Å². The van der Waals surface area contributed by atoms with Gasteiger partial charge in [-0.05, 0) is 23.6 Å². The van der Waals surface area contributed by atoms with Gasteiger partial charge in [0.25, 0.3) is 0 Å². The number of aliphatic imine (C=N–C) groups is 1. The zero-order chi connectivity index (χ0) is 18.8. The van der Waals surface area contributed by atoms with E-state index in [1.165, 1.54) is 0 Å². The van der Waals surface area contributed by atoms with Gasteiger partial charge in [-0.2, -0.15) is 0 Å². The number of hydrogen-bond acceptors (Lipinski definition) is 6. The fourth-order valence-electron chi connectivity index (χ4n) is 3.26. The number of fused-ring (bicyclic) bond motifs is 1. The molecule has 0 bridgehead atoms. The molecule has 1 atom stereocenters. The third-order valence-electron chi connectivity index (χ3n) is 4.59. The maximum Gasteiger partial charge on any atom is 0.236 e. The SMILES string of the molecule is COc1cc(C2CN=C(c3nccc4ccccc34)O2)cc(OC)c1OC. The Morgan fingerprint density at radius 1 is 0.963 bits per heavy atom. The largest absolute Gasteiger partial charge is 0.493 e. The normalized spacial score (nSPS) is 16.0. The number of hydrogen-bond donors (Lipinski definition) is 0. The molecule has 1 aliphatic heterocycles. The molecular formula is C21H20N2O4. The molecule has 0 saturated carbocycles. The highest BCUT2D eigenvalue weighted by atomic mass is 16.5. The van der Waals surface area contributed by atoms with Crippen molar-refractivity contribution in [3.05, 3.63) is 59.9 Å². The van der Waals surface area contributed by atoms with Gasteiger partial charge >= 0.3 is 0 Å². The van der Waals surface area contributed by atoms with Crippen molar-refractivity contribution in [1.29, 1.82) is 0 Å². The third-order valence-corrected chi connectivity index (χ3v) is 4.59. The second-order valence-corrected chi connectivity index (χ2v) is 6.09. The molecule has 3 aromatic rings. The monoisotopic (exact) mass is 364 g/mol. The fourth-order valence-corrected chi connectivity index (χ4v) is 3.26. The van der Waals surface area contributed by atoms with Gasteiger partial charge in [-0.25, -0.2) is 4.99 Å². The summed E-state index contributed by atoms with van der Waals surface area (Å²) >= 11 is 0. The molecule has 0 fully saturated rings. The quantitative estimate of drug-likeness (QED) is 0.689. The van der Waals surface area contributed by atoms with Gasteiger partial charge in [-0.3, -0.25) is 4.98 Å². The van der Waals surface area contributed by atoms with E-state index in [4.69, 9.17) is 18.9 Å². The summed E-state index contributed by atoms with van der Waals surface area (Å²) in [5.74, 6) is 2.28. The Morgan fingerprint density at radius 2 is 1.70 bits per heavy atom. The van der Waals surface area contributed by atoms with Crippen molar-refractivity contribution in [3.8, 4) is 17.2 Å². The van der Waals surface area contributed by atoms with Crippen LogP contribution in [0.25, 0.3) is 10.8 Å². The zero-order valence-electron chi connectivity index (χ0n) is 15.4. The third kappa shape index (κ3) is 3.03. The minimum Gasteiger partial charge on any atom is -0.493 e. The molecule has 27 heavy (non-hydrogen) atoms. The van der Waals surface area contributed by atoms with Crippen LogP contribution in [0.3, 0.4) is 0 Å². The lowest BCUT2D eigenvalue weighted by Crippen LogP contribution is -2.09. The highest BCUT2D eigenvalue weighted by molar-refractivity contribution is 6.05. The van der Waals surface area contributed by atoms with Crippen LogP contribution < -0.4 is 14.2 Å². The van der Waals surface area contributed by atoms with E-state index in [1.54, 1.807) is 27.5 Å². The lowest BCUT2D eigenvalue weighted by Gasteiger charge is -2.17. The summed E-state index contributed by atoms with van der Waals surface area (Å²) in [6, 6.07) is 13.8. The minimum atomic E-state index is -0.241. The van der Waals surface area contributed by atoms with Crippen molar-refractivity contribution in [2.45, 2.75) is 6.10 Å². The Bertz CT molecular complexity index is 986. The van der Waals surface area contributed by atoms with Gasteiger partial charge in [0, 0.05) is 17.1 Å². The maximum absolute atomic E-state index is 6.15. The molecule has 1 aliphatic rings. The molecular weight excluding hydrogens is 344 g/mol. The van der Waals surface area contributed by atoms with Gasteiger partial charge in [-0.15, -0.1) is 0 Å². The molecule has 2 heterocycles. The van der Waals surface area contributed by atoms with Gasteiger partial charge in [0.1, 0.15) is 11.8 Å². The molecule has 1 aromatic heterocycles. The molecule has 0 aliphatic carbocycles. The standard InChI is InChI=1S/C21H20N2O4/c1-24-16-10-14(11-17(25-2)20(16)26-3)18-12-23-21(27-18)19-15-7-5-4-6-13(15)8-9-22-19/h4-11,18H,12H2,1-3H3. The van der Waals surface area contributed by atoms with Crippen molar-refractivity contribution >= 4 is 16.7 Å². The second kappa shape index (κ2) is 7.15. The smallest absolute Gasteiger partial charge is 0.236 e. The predicted octanol–water partition coefficient (Wildman–Crippen LogP) is 3.78. The number of nitrogens with zero attached hydrogens (tertiary/aromatic N) is 2. The van der Waals surface area contributed by atoms with Crippen molar-refractivity contribution in [2.24, 2.45) is 4.99 Å². The molecule has 0 saturated heterocycles. The molecule has 0 N–H and O–H groups in total. The number of rotatable bonds is 5. The molecule has 4 rings (SSSR count).